The molecule has 0 bridgehead atoms. The van der Waals surface area contributed by atoms with Crippen LogP contribution in [0, 0.1) is 0 Å². The zero-order valence-corrected chi connectivity index (χ0v) is 12.9. The van der Waals surface area contributed by atoms with Crippen LogP contribution in [0.3, 0.4) is 0 Å². The van der Waals surface area contributed by atoms with Gasteiger partial charge in [0.05, 0.1) is 0 Å². The molecule has 0 saturated heterocycles. The second-order valence-corrected chi connectivity index (χ2v) is 6.00. The molecule has 0 unspecified atom stereocenters. The molecule has 0 aliphatic rings. The Balaban J connectivity index is 2.02. The standard InChI is InChI=1S/C19H22S/c1-2-3-14-19(15-17-10-6-4-7-11-17)20-16-18-12-8-5-9-13-18/h4-13,15H,2-3,14,16H2,1H3/b19-15-. The van der Waals surface area contributed by atoms with Gasteiger partial charge in [-0.25, -0.2) is 0 Å². The molecule has 104 valence electrons. The number of rotatable bonds is 7. The Labute approximate surface area is 126 Å². The number of hydrogen-bond donors (Lipinski definition) is 0. The van der Waals surface area contributed by atoms with E-state index in [4.69, 9.17) is 0 Å². The van der Waals surface area contributed by atoms with Crippen LogP contribution in [0.5, 0.6) is 0 Å². The van der Waals surface area contributed by atoms with Crippen molar-refractivity contribution in [2.24, 2.45) is 0 Å². The first-order valence-corrected chi connectivity index (χ1v) is 8.29. The fourth-order valence-corrected chi connectivity index (χ4v) is 3.08. The highest BCUT2D eigenvalue weighted by atomic mass is 32.2. The molecule has 0 spiro atoms. The number of thioether (sulfide) groups is 1. The van der Waals surface area contributed by atoms with Crippen molar-refractivity contribution in [3.05, 3.63) is 76.7 Å². The SMILES string of the molecule is CCCC/C(=C/c1ccccc1)SCc1ccccc1. The predicted molar refractivity (Wildman–Crippen MR) is 91.7 cm³/mol. The lowest BCUT2D eigenvalue weighted by atomic mass is 10.1. The molecule has 0 N–H and O–H groups in total. The van der Waals surface area contributed by atoms with Crippen molar-refractivity contribution >= 4 is 17.8 Å². The summed E-state index contributed by atoms with van der Waals surface area (Å²) in [5.74, 6) is 1.06. The van der Waals surface area contributed by atoms with Gasteiger partial charge >= 0.3 is 0 Å². The summed E-state index contributed by atoms with van der Waals surface area (Å²) < 4.78 is 0. The third kappa shape index (κ3) is 5.26. The third-order valence-corrected chi connectivity index (χ3v) is 4.34. The van der Waals surface area contributed by atoms with E-state index in [0.29, 0.717) is 0 Å². The topological polar surface area (TPSA) is 0 Å². The molecule has 0 amide bonds. The van der Waals surface area contributed by atoms with E-state index in [1.807, 2.05) is 11.8 Å². The molecular weight excluding hydrogens is 260 g/mol. The second kappa shape index (κ2) is 8.65. The van der Waals surface area contributed by atoms with Crippen LogP contribution in [0.2, 0.25) is 0 Å². The lowest BCUT2D eigenvalue weighted by Crippen LogP contribution is -1.84. The monoisotopic (exact) mass is 282 g/mol. The van der Waals surface area contributed by atoms with E-state index in [1.54, 1.807) is 0 Å². The number of hydrogen-bond acceptors (Lipinski definition) is 1. The minimum atomic E-state index is 1.06. The van der Waals surface area contributed by atoms with E-state index in [9.17, 15) is 0 Å². The summed E-state index contributed by atoms with van der Waals surface area (Å²) >= 11 is 1.97. The van der Waals surface area contributed by atoms with Crippen molar-refractivity contribution in [3.8, 4) is 0 Å². The molecule has 2 aromatic rings. The molecular formula is C19H22S. The summed E-state index contributed by atoms with van der Waals surface area (Å²) in [6.07, 6.45) is 6.03. The number of allylic oxidation sites excluding steroid dienone is 1. The average molecular weight is 282 g/mol. The van der Waals surface area contributed by atoms with Gasteiger partial charge in [-0.15, -0.1) is 11.8 Å². The summed E-state index contributed by atoms with van der Waals surface area (Å²) in [4.78, 5) is 1.49. The molecule has 0 atom stereocenters. The summed E-state index contributed by atoms with van der Waals surface area (Å²) in [6, 6.07) is 21.3. The van der Waals surface area contributed by atoms with Crippen LogP contribution >= 0.6 is 11.8 Å². The summed E-state index contributed by atoms with van der Waals surface area (Å²) in [7, 11) is 0. The Morgan fingerprint density at radius 3 is 2.25 bits per heavy atom. The maximum Gasteiger partial charge on any atom is 0.0228 e. The summed E-state index contributed by atoms with van der Waals surface area (Å²) in [5.41, 5.74) is 2.70. The van der Waals surface area contributed by atoms with Crippen LogP contribution in [-0.2, 0) is 5.75 Å². The van der Waals surface area contributed by atoms with Gasteiger partial charge in [-0.2, -0.15) is 0 Å². The molecule has 0 heterocycles. The van der Waals surface area contributed by atoms with Gasteiger partial charge in [0.25, 0.3) is 0 Å². The van der Waals surface area contributed by atoms with Crippen LogP contribution in [0.15, 0.2) is 65.6 Å². The van der Waals surface area contributed by atoms with Crippen molar-refractivity contribution in [1.29, 1.82) is 0 Å². The highest BCUT2D eigenvalue weighted by molar-refractivity contribution is 8.02. The predicted octanol–water partition coefficient (Wildman–Crippen LogP) is 6.15. The first-order chi connectivity index (χ1) is 9.88. The van der Waals surface area contributed by atoms with Crippen molar-refractivity contribution in [2.45, 2.75) is 31.9 Å². The Morgan fingerprint density at radius 2 is 1.60 bits per heavy atom. The number of unbranched alkanes of at least 4 members (excludes halogenated alkanes) is 1. The lowest BCUT2D eigenvalue weighted by molar-refractivity contribution is 0.810. The van der Waals surface area contributed by atoms with E-state index in [-0.39, 0.29) is 0 Å². The van der Waals surface area contributed by atoms with E-state index in [2.05, 4.69) is 73.7 Å². The van der Waals surface area contributed by atoms with Crippen LogP contribution in [0.25, 0.3) is 6.08 Å². The zero-order chi connectivity index (χ0) is 14.0. The van der Waals surface area contributed by atoms with E-state index in [1.165, 1.54) is 35.3 Å². The smallest absolute Gasteiger partial charge is 0.0228 e. The van der Waals surface area contributed by atoms with Crippen LogP contribution in [-0.4, -0.2) is 0 Å². The van der Waals surface area contributed by atoms with Crippen LogP contribution < -0.4 is 0 Å². The quantitative estimate of drug-likeness (QED) is 0.586. The van der Waals surface area contributed by atoms with Crippen molar-refractivity contribution in [1.82, 2.24) is 0 Å². The molecule has 2 aromatic carbocycles. The molecule has 1 heteroatoms. The van der Waals surface area contributed by atoms with Gasteiger partial charge in [-0.1, -0.05) is 74.0 Å². The summed E-state index contributed by atoms with van der Waals surface area (Å²) in [5, 5.41) is 0. The Morgan fingerprint density at radius 1 is 0.950 bits per heavy atom. The minimum Gasteiger partial charge on any atom is -0.126 e. The van der Waals surface area contributed by atoms with Gasteiger partial charge in [-0.3, -0.25) is 0 Å². The highest BCUT2D eigenvalue weighted by Gasteiger charge is 2.00. The molecule has 2 rings (SSSR count). The molecule has 0 fully saturated rings. The molecule has 0 radical (unpaired) electrons. The molecule has 0 nitrogen and oxygen atoms in total. The van der Waals surface area contributed by atoms with E-state index < -0.39 is 0 Å². The Bertz CT molecular complexity index is 514. The highest BCUT2D eigenvalue weighted by Crippen LogP contribution is 2.27. The summed E-state index contributed by atoms with van der Waals surface area (Å²) in [6.45, 7) is 2.25. The fourth-order valence-electron chi connectivity index (χ4n) is 2.02. The Hall–Kier alpha value is -1.47. The van der Waals surface area contributed by atoms with Gasteiger partial charge in [-0.05, 0) is 34.9 Å². The lowest BCUT2D eigenvalue weighted by Gasteiger charge is -2.07. The first kappa shape index (κ1) is 14.9. The maximum absolute atomic E-state index is 2.34. The van der Waals surface area contributed by atoms with Crippen molar-refractivity contribution in [3.63, 3.8) is 0 Å². The van der Waals surface area contributed by atoms with Crippen LogP contribution in [0.4, 0.5) is 0 Å². The second-order valence-electron chi connectivity index (χ2n) is 4.90. The molecule has 0 aliphatic carbocycles. The zero-order valence-electron chi connectivity index (χ0n) is 12.1. The van der Waals surface area contributed by atoms with Crippen LogP contribution in [0.1, 0.15) is 37.3 Å². The first-order valence-electron chi connectivity index (χ1n) is 7.31. The van der Waals surface area contributed by atoms with E-state index >= 15 is 0 Å². The van der Waals surface area contributed by atoms with Crippen molar-refractivity contribution in [2.75, 3.05) is 0 Å². The van der Waals surface area contributed by atoms with Crippen molar-refractivity contribution < 1.29 is 0 Å². The van der Waals surface area contributed by atoms with Gasteiger partial charge in [0, 0.05) is 5.75 Å². The Kier molecular flexibility index (Phi) is 6.46. The van der Waals surface area contributed by atoms with E-state index in [0.717, 1.165) is 5.75 Å². The average Bonchev–Trinajstić information content (AvgIpc) is 2.52. The minimum absolute atomic E-state index is 1.06. The molecule has 20 heavy (non-hydrogen) atoms. The fraction of sp³-hybridized carbons (Fsp3) is 0.263. The maximum atomic E-state index is 2.34. The number of benzene rings is 2. The molecule has 0 aromatic heterocycles. The van der Waals surface area contributed by atoms with Gasteiger partial charge in [0.2, 0.25) is 0 Å². The van der Waals surface area contributed by atoms with Gasteiger partial charge in [0.1, 0.15) is 0 Å². The molecule has 0 aliphatic heterocycles. The molecule has 0 saturated carbocycles. The van der Waals surface area contributed by atoms with Gasteiger partial charge in [0.15, 0.2) is 0 Å². The van der Waals surface area contributed by atoms with Gasteiger partial charge < -0.3 is 0 Å². The normalized spacial score (nSPS) is 11.6. The third-order valence-electron chi connectivity index (χ3n) is 3.17. The largest absolute Gasteiger partial charge is 0.126 e.